The Morgan fingerprint density at radius 1 is 1.08 bits per heavy atom. The lowest BCUT2D eigenvalue weighted by Crippen LogP contribution is -2.38. The van der Waals surface area contributed by atoms with E-state index in [-0.39, 0.29) is 11.9 Å². The molecule has 0 fully saturated rings. The van der Waals surface area contributed by atoms with Gasteiger partial charge in [0.25, 0.3) is 0 Å². The van der Waals surface area contributed by atoms with E-state index in [9.17, 15) is 9.59 Å². The molecule has 2 aromatic rings. The number of methoxy groups -OCH3 is 1. The van der Waals surface area contributed by atoms with E-state index in [1.165, 1.54) is 18.1 Å². The Morgan fingerprint density at radius 2 is 1.84 bits per heavy atom. The van der Waals surface area contributed by atoms with Gasteiger partial charge in [-0.15, -0.1) is 0 Å². The number of nitrogens with zero attached hydrogens (tertiary/aromatic N) is 1. The molecule has 0 atom stereocenters. The largest absolute Gasteiger partial charge is 0.495 e. The fourth-order valence-electron chi connectivity index (χ4n) is 2.95. The number of hydrogen-bond donors (Lipinski definition) is 2. The molecule has 3 amide bonds. The molecule has 0 unspecified atom stereocenters. The summed E-state index contributed by atoms with van der Waals surface area (Å²) in [5, 5.41) is 5.59. The second-order valence-corrected chi connectivity index (χ2v) is 5.97. The van der Waals surface area contributed by atoms with Crippen molar-refractivity contribution in [2.75, 3.05) is 24.3 Å². The average Bonchev–Trinajstić information content (AvgIpc) is 2.61. The van der Waals surface area contributed by atoms with Crippen LogP contribution < -0.4 is 15.4 Å². The van der Waals surface area contributed by atoms with Gasteiger partial charge in [0, 0.05) is 25.7 Å². The molecule has 1 heterocycles. The maximum absolute atomic E-state index is 12.7. The smallest absolute Gasteiger partial charge is 0.322 e. The number of rotatable bonds is 3. The van der Waals surface area contributed by atoms with Gasteiger partial charge < -0.3 is 20.3 Å². The van der Waals surface area contributed by atoms with Crippen LogP contribution in [0.3, 0.4) is 0 Å². The molecule has 3 rings (SSSR count). The summed E-state index contributed by atoms with van der Waals surface area (Å²) in [6.45, 7) is 2.68. The molecule has 0 spiro atoms. The number of carbonyl (C=O) groups excluding carboxylic acids is 2. The SMILES string of the molecule is COc1ccc(NC(C)=O)cc1NC(=O)N1CCc2ccccc2C1. The zero-order valence-corrected chi connectivity index (χ0v) is 14.3. The summed E-state index contributed by atoms with van der Waals surface area (Å²) >= 11 is 0. The molecule has 0 saturated carbocycles. The van der Waals surface area contributed by atoms with Crippen molar-refractivity contribution in [3.05, 3.63) is 53.6 Å². The van der Waals surface area contributed by atoms with Crippen LogP contribution in [0.4, 0.5) is 16.2 Å². The van der Waals surface area contributed by atoms with Crippen LogP contribution in [0.25, 0.3) is 0 Å². The Balaban J connectivity index is 1.75. The van der Waals surface area contributed by atoms with Crippen molar-refractivity contribution in [2.24, 2.45) is 0 Å². The van der Waals surface area contributed by atoms with Crippen molar-refractivity contribution in [1.82, 2.24) is 4.90 Å². The highest BCUT2D eigenvalue weighted by atomic mass is 16.5. The third-order valence-electron chi connectivity index (χ3n) is 4.18. The van der Waals surface area contributed by atoms with Crippen LogP contribution in [0, 0.1) is 0 Å². The van der Waals surface area contributed by atoms with E-state index in [0.717, 1.165) is 6.42 Å². The lowest BCUT2D eigenvalue weighted by Gasteiger charge is -2.29. The summed E-state index contributed by atoms with van der Waals surface area (Å²) in [5.74, 6) is 0.370. The summed E-state index contributed by atoms with van der Waals surface area (Å²) < 4.78 is 5.30. The average molecular weight is 339 g/mol. The summed E-state index contributed by atoms with van der Waals surface area (Å²) in [7, 11) is 1.54. The van der Waals surface area contributed by atoms with E-state index in [1.807, 2.05) is 18.2 Å². The molecular weight excluding hydrogens is 318 g/mol. The molecular formula is C19H21N3O3. The molecule has 1 aliphatic heterocycles. The van der Waals surface area contributed by atoms with Gasteiger partial charge in [-0.1, -0.05) is 24.3 Å². The fraction of sp³-hybridized carbons (Fsp3) is 0.263. The molecule has 2 aromatic carbocycles. The van der Waals surface area contributed by atoms with Gasteiger partial charge in [-0.05, 0) is 35.7 Å². The molecule has 0 bridgehead atoms. The fourth-order valence-corrected chi connectivity index (χ4v) is 2.95. The number of fused-ring (bicyclic) bond motifs is 1. The highest BCUT2D eigenvalue weighted by molar-refractivity contribution is 5.94. The predicted molar refractivity (Wildman–Crippen MR) is 96.9 cm³/mol. The number of nitrogens with one attached hydrogen (secondary N) is 2. The minimum absolute atomic E-state index is 0.171. The van der Waals surface area contributed by atoms with E-state index in [2.05, 4.69) is 16.7 Å². The van der Waals surface area contributed by atoms with Crippen molar-refractivity contribution in [3.63, 3.8) is 0 Å². The van der Waals surface area contributed by atoms with Crippen LogP contribution in [0.2, 0.25) is 0 Å². The summed E-state index contributed by atoms with van der Waals surface area (Å²) in [4.78, 5) is 25.6. The van der Waals surface area contributed by atoms with Gasteiger partial charge in [0.05, 0.1) is 12.8 Å². The van der Waals surface area contributed by atoms with Crippen LogP contribution in [-0.4, -0.2) is 30.5 Å². The zero-order valence-electron chi connectivity index (χ0n) is 14.3. The first-order valence-corrected chi connectivity index (χ1v) is 8.15. The lowest BCUT2D eigenvalue weighted by atomic mass is 10.0. The van der Waals surface area contributed by atoms with Crippen LogP contribution in [0.15, 0.2) is 42.5 Å². The molecule has 2 N–H and O–H groups in total. The molecule has 6 nitrogen and oxygen atoms in total. The van der Waals surface area contributed by atoms with Gasteiger partial charge in [0.2, 0.25) is 5.91 Å². The molecule has 25 heavy (non-hydrogen) atoms. The highest BCUT2D eigenvalue weighted by Crippen LogP contribution is 2.29. The Hall–Kier alpha value is -3.02. The van der Waals surface area contributed by atoms with Crippen LogP contribution >= 0.6 is 0 Å². The van der Waals surface area contributed by atoms with Gasteiger partial charge in [0.1, 0.15) is 5.75 Å². The normalized spacial score (nSPS) is 13.0. The summed E-state index contributed by atoms with van der Waals surface area (Å²) in [5.41, 5.74) is 3.59. The number of anilines is 2. The molecule has 0 saturated heterocycles. The Labute approximate surface area is 146 Å². The van der Waals surface area contributed by atoms with Gasteiger partial charge in [-0.3, -0.25) is 4.79 Å². The van der Waals surface area contributed by atoms with E-state index in [4.69, 9.17) is 4.74 Å². The van der Waals surface area contributed by atoms with Crippen molar-refractivity contribution >= 4 is 23.3 Å². The number of ether oxygens (including phenoxy) is 1. The Kier molecular flexibility index (Phi) is 4.88. The topological polar surface area (TPSA) is 70.7 Å². The van der Waals surface area contributed by atoms with Crippen molar-refractivity contribution in [3.8, 4) is 5.75 Å². The molecule has 130 valence electrons. The van der Waals surface area contributed by atoms with Gasteiger partial charge in [-0.2, -0.15) is 0 Å². The summed E-state index contributed by atoms with van der Waals surface area (Å²) in [6, 6.07) is 13.1. The molecule has 0 aliphatic carbocycles. The van der Waals surface area contributed by atoms with E-state index in [1.54, 1.807) is 30.2 Å². The van der Waals surface area contributed by atoms with Crippen molar-refractivity contribution < 1.29 is 14.3 Å². The van der Waals surface area contributed by atoms with Gasteiger partial charge in [0.15, 0.2) is 0 Å². The number of carbonyl (C=O) groups is 2. The Morgan fingerprint density at radius 3 is 2.56 bits per heavy atom. The number of amides is 3. The maximum Gasteiger partial charge on any atom is 0.322 e. The van der Waals surface area contributed by atoms with E-state index < -0.39 is 0 Å². The number of benzene rings is 2. The predicted octanol–water partition coefficient (Wildman–Crippen LogP) is 3.24. The monoisotopic (exact) mass is 339 g/mol. The maximum atomic E-state index is 12.7. The number of urea groups is 1. The lowest BCUT2D eigenvalue weighted by molar-refractivity contribution is -0.114. The standard InChI is InChI=1S/C19H21N3O3/c1-13(23)20-16-7-8-18(25-2)17(11-16)21-19(24)22-10-9-14-5-3-4-6-15(14)12-22/h3-8,11H,9-10,12H2,1-2H3,(H,20,23)(H,21,24). The number of hydrogen-bond acceptors (Lipinski definition) is 3. The Bertz CT molecular complexity index is 804. The minimum atomic E-state index is -0.187. The highest BCUT2D eigenvalue weighted by Gasteiger charge is 2.21. The third kappa shape index (κ3) is 3.91. The first-order valence-electron chi connectivity index (χ1n) is 8.15. The zero-order chi connectivity index (χ0) is 17.8. The second kappa shape index (κ2) is 7.25. The first kappa shape index (κ1) is 16.8. The first-order chi connectivity index (χ1) is 12.1. The minimum Gasteiger partial charge on any atom is -0.495 e. The van der Waals surface area contributed by atoms with Crippen LogP contribution in [0.5, 0.6) is 5.75 Å². The van der Waals surface area contributed by atoms with E-state index >= 15 is 0 Å². The summed E-state index contributed by atoms with van der Waals surface area (Å²) in [6.07, 6.45) is 0.840. The second-order valence-electron chi connectivity index (χ2n) is 5.97. The van der Waals surface area contributed by atoms with Crippen molar-refractivity contribution in [1.29, 1.82) is 0 Å². The molecule has 0 aromatic heterocycles. The van der Waals surface area contributed by atoms with E-state index in [0.29, 0.717) is 30.2 Å². The van der Waals surface area contributed by atoms with Gasteiger partial charge >= 0.3 is 6.03 Å². The van der Waals surface area contributed by atoms with Crippen LogP contribution in [0.1, 0.15) is 18.1 Å². The third-order valence-corrected chi connectivity index (χ3v) is 4.18. The van der Waals surface area contributed by atoms with Crippen molar-refractivity contribution in [2.45, 2.75) is 19.9 Å². The van der Waals surface area contributed by atoms with Crippen LogP contribution in [-0.2, 0) is 17.8 Å². The van der Waals surface area contributed by atoms with Gasteiger partial charge in [-0.25, -0.2) is 4.79 Å². The molecule has 0 radical (unpaired) electrons. The quantitative estimate of drug-likeness (QED) is 0.902. The molecule has 6 heteroatoms. The molecule has 1 aliphatic rings.